The van der Waals surface area contributed by atoms with Crippen molar-refractivity contribution in [3.05, 3.63) is 16.3 Å². The standard InChI is InChI=1S/C12H13F3N4S/c13-12(14,15)5-8-17-10(19-16)9-6-3-1-2-4-7(6)20-11(9)18-8/h1-5,16H2,(H,17,18,19). The molecule has 0 aliphatic heterocycles. The molecule has 0 aromatic carbocycles. The van der Waals surface area contributed by atoms with Crippen molar-refractivity contribution in [2.45, 2.75) is 38.3 Å². The average Bonchev–Trinajstić information content (AvgIpc) is 2.73. The van der Waals surface area contributed by atoms with E-state index in [1.54, 1.807) is 0 Å². The highest BCUT2D eigenvalue weighted by atomic mass is 32.1. The zero-order chi connectivity index (χ0) is 14.3. The lowest BCUT2D eigenvalue weighted by Crippen LogP contribution is -2.17. The van der Waals surface area contributed by atoms with E-state index in [2.05, 4.69) is 15.4 Å². The van der Waals surface area contributed by atoms with Gasteiger partial charge in [0.15, 0.2) is 5.82 Å². The van der Waals surface area contributed by atoms with E-state index in [-0.39, 0.29) is 5.82 Å². The van der Waals surface area contributed by atoms with Gasteiger partial charge in [-0.1, -0.05) is 0 Å². The zero-order valence-corrected chi connectivity index (χ0v) is 11.4. The molecule has 108 valence electrons. The van der Waals surface area contributed by atoms with Gasteiger partial charge in [-0.15, -0.1) is 11.3 Å². The van der Waals surface area contributed by atoms with Crippen molar-refractivity contribution in [1.29, 1.82) is 0 Å². The number of hydrazine groups is 1. The first-order valence-corrected chi connectivity index (χ1v) is 7.14. The number of thiophene rings is 1. The van der Waals surface area contributed by atoms with Gasteiger partial charge in [-0.05, 0) is 31.2 Å². The van der Waals surface area contributed by atoms with Crippen molar-refractivity contribution < 1.29 is 13.2 Å². The molecule has 0 spiro atoms. The second-order valence-electron chi connectivity index (χ2n) is 4.82. The summed E-state index contributed by atoms with van der Waals surface area (Å²) in [5.74, 6) is 5.48. The van der Waals surface area contributed by atoms with Crippen LogP contribution in [0, 0.1) is 0 Å². The number of hydrogen-bond acceptors (Lipinski definition) is 5. The third kappa shape index (κ3) is 2.45. The Morgan fingerprint density at radius 3 is 2.65 bits per heavy atom. The van der Waals surface area contributed by atoms with Gasteiger partial charge in [0.05, 0.1) is 5.39 Å². The lowest BCUT2D eigenvalue weighted by molar-refractivity contribution is -0.128. The van der Waals surface area contributed by atoms with Crippen LogP contribution in [0.5, 0.6) is 0 Å². The Kier molecular flexibility index (Phi) is 3.29. The molecular weight excluding hydrogens is 289 g/mol. The van der Waals surface area contributed by atoms with Crippen molar-refractivity contribution in [2.75, 3.05) is 5.43 Å². The van der Waals surface area contributed by atoms with Crippen LogP contribution in [0.3, 0.4) is 0 Å². The second kappa shape index (κ2) is 4.85. The molecule has 0 unspecified atom stereocenters. The predicted molar refractivity (Wildman–Crippen MR) is 71.6 cm³/mol. The van der Waals surface area contributed by atoms with Crippen LogP contribution in [0.1, 0.15) is 29.1 Å². The highest BCUT2D eigenvalue weighted by Gasteiger charge is 2.30. The molecular formula is C12H13F3N4S. The van der Waals surface area contributed by atoms with Crippen LogP contribution in [0.2, 0.25) is 0 Å². The minimum Gasteiger partial charge on any atom is -0.308 e. The number of rotatable bonds is 2. The van der Waals surface area contributed by atoms with Gasteiger partial charge in [0.25, 0.3) is 0 Å². The largest absolute Gasteiger partial charge is 0.396 e. The average molecular weight is 302 g/mol. The van der Waals surface area contributed by atoms with E-state index in [9.17, 15) is 13.2 Å². The Labute approximate surface area is 117 Å². The minimum atomic E-state index is -4.32. The summed E-state index contributed by atoms with van der Waals surface area (Å²) in [6.45, 7) is 0. The van der Waals surface area contributed by atoms with Gasteiger partial charge in [0.2, 0.25) is 0 Å². The van der Waals surface area contributed by atoms with Crippen molar-refractivity contribution in [2.24, 2.45) is 5.84 Å². The molecule has 0 atom stereocenters. The van der Waals surface area contributed by atoms with Crippen LogP contribution in [-0.4, -0.2) is 16.1 Å². The molecule has 2 heterocycles. The summed E-state index contributed by atoms with van der Waals surface area (Å²) in [5, 5.41) is 0.790. The molecule has 0 saturated heterocycles. The van der Waals surface area contributed by atoms with Crippen molar-refractivity contribution in [3.63, 3.8) is 0 Å². The minimum absolute atomic E-state index is 0.239. The van der Waals surface area contributed by atoms with E-state index in [0.29, 0.717) is 10.6 Å². The fraction of sp³-hybridized carbons (Fsp3) is 0.500. The Morgan fingerprint density at radius 2 is 1.95 bits per heavy atom. The molecule has 0 radical (unpaired) electrons. The topological polar surface area (TPSA) is 63.8 Å². The summed E-state index contributed by atoms with van der Waals surface area (Å²) < 4.78 is 37.4. The van der Waals surface area contributed by atoms with Gasteiger partial charge >= 0.3 is 6.18 Å². The Hall–Kier alpha value is -1.41. The summed E-state index contributed by atoms with van der Waals surface area (Å²) in [6.07, 6.45) is -1.42. The lowest BCUT2D eigenvalue weighted by Gasteiger charge is -2.12. The SMILES string of the molecule is NNc1nc(CC(F)(F)F)nc2sc3c(c12)CCCC3. The fourth-order valence-corrected chi connectivity index (χ4v) is 3.84. The molecule has 1 aliphatic rings. The number of aryl methyl sites for hydroxylation is 2. The number of nitrogens with zero attached hydrogens (tertiary/aromatic N) is 2. The van der Waals surface area contributed by atoms with Gasteiger partial charge in [0.1, 0.15) is 17.1 Å². The number of anilines is 1. The van der Waals surface area contributed by atoms with E-state index in [0.717, 1.165) is 36.6 Å². The molecule has 1 aliphatic carbocycles. The van der Waals surface area contributed by atoms with Crippen molar-refractivity contribution >= 4 is 27.4 Å². The number of halogens is 3. The molecule has 3 N–H and O–H groups in total. The molecule has 0 amide bonds. The van der Waals surface area contributed by atoms with E-state index < -0.39 is 12.6 Å². The Balaban J connectivity index is 2.14. The summed E-state index contributed by atoms with van der Waals surface area (Å²) in [7, 11) is 0. The van der Waals surface area contributed by atoms with Crippen LogP contribution in [0.25, 0.3) is 10.2 Å². The summed E-state index contributed by atoms with van der Waals surface area (Å²) >= 11 is 1.46. The number of hydrogen-bond donors (Lipinski definition) is 2. The molecule has 20 heavy (non-hydrogen) atoms. The van der Waals surface area contributed by atoms with Crippen molar-refractivity contribution in [3.8, 4) is 0 Å². The maximum Gasteiger partial charge on any atom is 0.396 e. The third-order valence-corrected chi connectivity index (χ3v) is 4.54. The van der Waals surface area contributed by atoms with Gasteiger partial charge in [0, 0.05) is 4.88 Å². The smallest absolute Gasteiger partial charge is 0.308 e. The Morgan fingerprint density at radius 1 is 1.20 bits per heavy atom. The highest BCUT2D eigenvalue weighted by molar-refractivity contribution is 7.19. The number of alkyl halides is 3. The van der Waals surface area contributed by atoms with E-state index in [4.69, 9.17) is 5.84 Å². The normalized spacial score (nSPS) is 15.4. The molecule has 2 aromatic rings. The van der Waals surface area contributed by atoms with Crippen LogP contribution >= 0.6 is 11.3 Å². The molecule has 4 nitrogen and oxygen atoms in total. The predicted octanol–water partition coefficient (Wildman–Crippen LogP) is 2.96. The van der Waals surface area contributed by atoms with Gasteiger partial charge < -0.3 is 5.43 Å². The van der Waals surface area contributed by atoms with Crippen LogP contribution in [0.4, 0.5) is 19.0 Å². The monoisotopic (exact) mass is 302 g/mol. The lowest BCUT2D eigenvalue weighted by atomic mass is 9.97. The van der Waals surface area contributed by atoms with Crippen LogP contribution in [0.15, 0.2) is 0 Å². The van der Waals surface area contributed by atoms with Crippen molar-refractivity contribution in [1.82, 2.24) is 9.97 Å². The fourth-order valence-electron chi connectivity index (χ4n) is 2.56. The molecule has 2 aromatic heterocycles. The van der Waals surface area contributed by atoms with E-state index >= 15 is 0 Å². The Bertz CT molecular complexity index is 650. The number of aromatic nitrogens is 2. The maximum atomic E-state index is 12.5. The maximum absolute atomic E-state index is 12.5. The van der Waals surface area contributed by atoms with E-state index in [1.807, 2.05) is 0 Å². The van der Waals surface area contributed by atoms with E-state index in [1.165, 1.54) is 16.2 Å². The number of fused-ring (bicyclic) bond motifs is 3. The van der Waals surface area contributed by atoms with Crippen LogP contribution in [-0.2, 0) is 19.3 Å². The summed E-state index contributed by atoms with van der Waals surface area (Å²) in [6, 6.07) is 0. The van der Waals surface area contributed by atoms with Gasteiger partial charge in [-0.25, -0.2) is 15.8 Å². The third-order valence-electron chi connectivity index (χ3n) is 3.36. The number of nitrogens with one attached hydrogen (secondary N) is 1. The number of nitrogens with two attached hydrogens (primary N) is 1. The second-order valence-corrected chi connectivity index (χ2v) is 5.90. The first kappa shape index (κ1) is 13.6. The van der Waals surface area contributed by atoms with Gasteiger partial charge in [-0.2, -0.15) is 13.2 Å². The first-order chi connectivity index (χ1) is 9.48. The number of nitrogen functional groups attached to an aromatic ring is 1. The molecule has 0 fully saturated rings. The molecule has 8 heteroatoms. The molecule has 0 saturated carbocycles. The zero-order valence-electron chi connectivity index (χ0n) is 10.5. The van der Waals surface area contributed by atoms with Gasteiger partial charge in [-0.3, -0.25) is 0 Å². The molecule has 0 bridgehead atoms. The molecule has 3 rings (SSSR count). The quantitative estimate of drug-likeness (QED) is 0.661. The summed E-state index contributed by atoms with van der Waals surface area (Å²) in [4.78, 5) is 9.78. The highest BCUT2D eigenvalue weighted by Crippen LogP contribution is 2.38. The van der Waals surface area contributed by atoms with Crippen LogP contribution < -0.4 is 11.3 Å². The first-order valence-electron chi connectivity index (χ1n) is 6.32. The summed E-state index contributed by atoms with van der Waals surface area (Å²) in [5.41, 5.74) is 3.56.